The van der Waals surface area contributed by atoms with Crippen molar-refractivity contribution in [2.45, 2.75) is 6.92 Å². The van der Waals surface area contributed by atoms with Crippen LogP contribution in [-0.2, 0) is 0 Å². The fourth-order valence-electron chi connectivity index (χ4n) is 1.77. The fourth-order valence-corrected chi connectivity index (χ4v) is 1.77. The third-order valence-corrected chi connectivity index (χ3v) is 2.64. The van der Waals surface area contributed by atoms with Crippen LogP contribution in [0.1, 0.15) is 5.89 Å². The van der Waals surface area contributed by atoms with Crippen LogP contribution in [0, 0.1) is 12.7 Å². The molecule has 100 valence electrons. The Morgan fingerprint density at radius 2 is 1.75 bits per heavy atom. The van der Waals surface area contributed by atoms with E-state index in [2.05, 4.69) is 10.2 Å². The standard InChI is InChI=1S/C15H11FN2O2/c1-10-17-18-15(19-10)11-4-2-6-13(8-11)20-14-7-3-5-12(16)9-14/h2-9H,1H3. The van der Waals surface area contributed by atoms with Crippen molar-refractivity contribution in [2.24, 2.45) is 0 Å². The molecule has 0 unspecified atom stereocenters. The monoisotopic (exact) mass is 270 g/mol. The lowest BCUT2D eigenvalue weighted by Crippen LogP contribution is -1.86. The Hall–Kier alpha value is -2.69. The molecule has 0 radical (unpaired) electrons. The van der Waals surface area contributed by atoms with E-state index in [0.29, 0.717) is 23.3 Å². The summed E-state index contributed by atoms with van der Waals surface area (Å²) in [6, 6.07) is 13.2. The maximum absolute atomic E-state index is 13.1. The van der Waals surface area contributed by atoms with Gasteiger partial charge in [0.1, 0.15) is 17.3 Å². The van der Waals surface area contributed by atoms with Gasteiger partial charge in [0.05, 0.1) is 0 Å². The number of halogens is 1. The molecule has 0 atom stereocenters. The summed E-state index contributed by atoms with van der Waals surface area (Å²) < 4.78 is 24.1. The second kappa shape index (κ2) is 5.13. The summed E-state index contributed by atoms with van der Waals surface area (Å²) in [5.41, 5.74) is 0.750. The van der Waals surface area contributed by atoms with E-state index in [-0.39, 0.29) is 5.82 Å². The molecule has 1 heterocycles. The van der Waals surface area contributed by atoms with Gasteiger partial charge in [0.25, 0.3) is 0 Å². The number of hydrogen-bond acceptors (Lipinski definition) is 4. The van der Waals surface area contributed by atoms with E-state index in [1.54, 1.807) is 31.2 Å². The number of benzene rings is 2. The zero-order valence-corrected chi connectivity index (χ0v) is 10.7. The number of aryl methyl sites for hydroxylation is 1. The molecule has 2 aromatic carbocycles. The molecule has 0 spiro atoms. The van der Waals surface area contributed by atoms with E-state index in [4.69, 9.17) is 9.15 Å². The third kappa shape index (κ3) is 2.66. The Morgan fingerprint density at radius 3 is 2.45 bits per heavy atom. The summed E-state index contributed by atoms with van der Waals surface area (Å²) in [4.78, 5) is 0. The molecule has 0 aliphatic heterocycles. The maximum Gasteiger partial charge on any atom is 0.247 e. The summed E-state index contributed by atoms with van der Waals surface area (Å²) in [5.74, 6) is 1.59. The lowest BCUT2D eigenvalue weighted by molar-refractivity contribution is 0.476. The lowest BCUT2D eigenvalue weighted by atomic mass is 10.2. The molecule has 3 aromatic rings. The first-order valence-corrected chi connectivity index (χ1v) is 6.05. The number of ether oxygens (including phenoxy) is 1. The van der Waals surface area contributed by atoms with Gasteiger partial charge in [-0.1, -0.05) is 12.1 Å². The minimum Gasteiger partial charge on any atom is -0.457 e. The Balaban J connectivity index is 1.88. The third-order valence-electron chi connectivity index (χ3n) is 2.64. The van der Waals surface area contributed by atoms with Crippen LogP contribution in [0.4, 0.5) is 4.39 Å². The molecule has 4 nitrogen and oxygen atoms in total. The second-order valence-corrected chi connectivity index (χ2v) is 4.21. The van der Waals surface area contributed by atoms with Gasteiger partial charge < -0.3 is 9.15 Å². The highest BCUT2D eigenvalue weighted by molar-refractivity contribution is 5.55. The van der Waals surface area contributed by atoms with Crippen molar-refractivity contribution < 1.29 is 13.5 Å². The Morgan fingerprint density at radius 1 is 1.00 bits per heavy atom. The largest absolute Gasteiger partial charge is 0.457 e. The van der Waals surface area contributed by atoms with E-state index in [1.807, 2.05) is 12.1 Å². The molecule has 0 aliphatic rings. The number of hydrogen-bond donors (Lipinski definition) is 0. The molecule has 0 aliphatic carbocycles. The molecule has 0 bridgehead atoms. The zero-order valence-electron chi connectivity index (χ0n) is 10.7. The zero-order chi connectivity index (χ0) is 13.9. The average molecular weight is 270 g/mol. The predicted octanol–water partition coefficient (Wildman–Crippen LogP) is 3.98. The summed E-state index contributed by atoms with van der Waals surface area (Å²) in [6.45, 7) is 1.73. The minimum absolute atomic E-state index is 0.341. The molecule has 0 saturated heterocycles. The molecule has 20 heavy (non-hydrogen) atoms. The van der Waals surface area contributed by atoms with Gasteiger partial charge in [0.15, 0.2) is 0 Å². The van der Waals surface area contributed by atoms with Crippen molar-refractivity contribution in [1.82, 2.24) is 10.2 Å². The molecule has 0 fully saturated rings. The molecule has 0 saturated carbocycles. The van der Waals surface area contributed by atoms with Crippen LogP contribution in [0.3, 0.4) is 0 Å². The van der Waals surface area contributed by atoms with E-state index >= 15 is 0 Å². The quantitative estimate of drug-likeness (QED) is 0.722. The van der Waals surface area contributed by atoms with Crippen LogP contribution in [0.15, 0.2) is 52.9 Å². The van der Waals surface area contributed by atoms with Crippen molar-refractivity contribution in [3.05, 3.63) is 60.2 Å². The maximum atomic E-state index is 13.1. The van der Waals surface area contributed by atoms with Gasteiger partial charge in [-0.25, -0.2) is 4.39 Å². The highest BCUT2D eigenvalue weighted by Gasteiger charge is 2.07. The van der Waals surface area contributed by atoms with Crippen molar-refractivity contribution in [1.29, 1.82) is 0 Å². The highest BCUT2D eigenvalue weighted by atomic mass is 19.1. The minimum atomic E-state index is -0.341. The average Bonchev–Trinajstić information content (AvgIpc) is 2.86. The van der Waals surface area contributed by atoms with Crippen molar-refractivity contribution in [3.63, 3.8) is 0 Å². The normalized spacial score (nSPS) is 10.5. The summed E-state index contributed by atoms with van der Waals surface area (Å²) in [7, 11) is 0. The lowest BCUT2D eigenvalue weighted by Gasteiger charge is -2.06. The van der Waals surface area contributed by atoms with Gasteiger partial charge in [0, 0.05) is 18.6 Å². The number of aromatic nitrogens is 2. The van der Waals surface area contributed by atoms with Crippen LogP contribution in [0.25, 0.3) is 11.5 Å². The SMILES string of the molecule is Cc1nnc(-c2cccc(Oc3cccc(F)c3)c2)o1. The smallest absolute Gasteiger partial charge is 0.247 e. The van der Waals surface area contributed by atoms with Gasteiger partial charge in [-0.05, 0) is 30.3 Å². The summed E-state index contributed by atoms with van der Waals surface area (Å²) in [6.07, 6.45) is 0. The van der Waals surface area contributed by atoms with Crippen molar-refractivity contribution in [2.75, 3.05) is 0 Å². The van der Waals surface area contributed by atoms with Crippen molar-refractivity contribution in [3.8, 4) is 23.0 Å². The van der Waals surface area contributed by atoms with Gasteiger partial charge in [-0.2, -0.15) is 0 Å². The van der Waals surface area contributed by atoms with E-state index in [0.717, 1.165) is 5.56 Å². The molecular weight excluding hydrogens is 259 g/mol. The summed E-state index contributed by atoms with van der Waals surface area (Å²) in [5, 5.41) is 7.73. The first kappa shape index (κ1) is 12.3. The molecule has 0 amide bonds. The van der Waals surface area contributed by atoms with E-state index < -0.39 is 0 Å². The van der Waals surface area contributed by atoms with Gasteiger partial charge in [-0.15, -0.1) is 10.2 Å². The predicted molar refractivity (Wildman–Crippen MR) is 70.9 cm³/mol. The fraction of sp³-hybridized carbons (Fsp3) is 0.0667. The number of nitrogens with zero attached hydrogens (tertiary/aromatic N) is 2. The molecule has 0 N–H and O–H groups in total. The molecule has 1 aromatic heterocycles. The van der Waals surface area contributed by atoms with Crippen LogP contribution in [-0.4, -0.2) is 10.2 Å². The summed E-state index contributed by atoms with van der Waals surface area (Å²) >= 11 is 0. The van der Waals surface area contributed by atoms with E-state index in [9.17, 15) is 4.39 Å². The van der Waals surface area contributed by atoms with Gasteiger partial charge in [0.2, 0.25) is 11.8 Å². The van der Waals surface area contributed by atoms with Gasteiger partial charge >= 0.3 is 0 Å². The first-order chi connectivity index (χ1) is 9.70. The molecule has 3 rings (SSSR count). The topological polar surface area (TPSA) is 48.2 Å². The number of rotatable bonds is 3. The van der Waals surface area contributed by atoms with Crippen molar-refractivity contribution >= 4 is 0 Å². The molecular formula is C15H11FN2O2. The van der Waals surface area contributed by atoms with Gasteiger partial charge in [-0.3, -0.25) is 0 Å². The first-order valence-electron chi connectivity index (χ1n) is 6.05. The Kier molecular flexibility index (Phi) is 3.16. The highest BCUT2D eigenvalue weighted by Crippen LogP contribution is 2.26. The van der Waals surface area contributed by atoms with Crippen LogP contribution in [0.5, 0.6) is 11.5 Å². The Bertz CT molecular complexity index is 740. The second-order valence-electron chi connectivity index (χ2n) is 4.21. The van der Waals surface area contributed by atoms with Crippen LogP contribution >= 0.6 is 0 Å². The Labute approximate surface area is 114 Å². The van der Waals surface area contributed by atoms with Crippen LogP contribution in [0.2, 0.25) is 0 Å². The van der Waals surface area contributed by atoms with E-state index in [1.165, 1.54) is 12.1 Å². The van der Waals surface area contributed by atoms with Crippen LogP contribution < -0.4 is 4.74 Å². The molecule has 5 heteroatoms.